The van der Waals surface area contributed by atoms with E-state index in [9.17, 15) is 9.90 Å². The molecule has 0 radical (unpaired) electrons. The highest BCUT2D eigenvalue weighted by molar-refractivity contribution is 8.20. The number of amides is 1. The predicted molar refractivity (Wildman–Crippen MR) is 137 cm³/mol. The summed E-state index contributed by atoms with van der Waals surface area (Å²) >= 11 is 3.98. The Morgan fingerprint density at radius 3 is 2.64 bits per heavy atom. The first kappa shape index (κ1) is 22.7. The molecule has 1 aromatic heterocycles. The number of carbonyl (C=O) groups excluding carboxylic acids is 1. The zero-order chi connectivity index (χ0) is 22.6. The second kappa shape index (κ2) is 10.5. The first-order chi connectivity index (χ1) is 16.2. The molecule has 5 rings (SSSR count). The van der Waals surface area contributed by atoms with Gasteiger partial charge in [-0.05, 0) is 42.4 Å². The molecule has 3 aromatic rings. The predicted octanol–water partition coefficient (Wildman–Crippen LogP) is 5.60. The fourth-order valence-electron chi connectivity index (χ4n) is 4.87. The van der Waals surface area contributed by atoms with E-state index in [-0.39, 0.29) is 12.7 Å². The molecule has 0 unspecified atom stereocenters. The molecule has 1 saturated heterocycles. The number of H-pyrrole nitrogens is 1. The molecule has 3 heterocycles. The number of carbonyl (C=O) groups is 1. The second-order valence-corrected chi connectivity index (χ2v) is 11.5. The van der Waals surface area contributed by atoms with Crippen LogP contribution < -0.4 is 0 Å². The van der Waals surface area contributed by atoms with E-state index in [1.807, 2.05) is 70.9 Å². The van der Waals surface area contributed by atoms with Gasteiger partial charge >= 0.3 is 6.09 Å². The molecule has 5 nitrogen and oxygen atoms in total. The largest absolute Gasteiger partial charge is 0.445 e. The third kappa shape index (κ3) is 5.20. The van der Waals surface area contributed by atoms with Crippen LogP contribution in [0.25, 0.3) is 10.9 Å². The van der Waals surface area contributed by atoms with E-state index >= 15 is 0 Å². The molecule has 2 atom stereocenters. The van der Waals surface area contributed by atoms with Crippen LogP contribution in [-0.2, 0) is 17.8 Å². The van der Waals surface area contributed by atoms with Crippen molar-refractivity contribution in [3.05, 3.63) is 71.4 Å². The van der Waals surface area contributed by atoms with Crippen molar-refractivity contribution in [2.24, 2.45) is 5.92 Å². The SMILES string of the molecule is O=C(OCc1ccccc1)N1CCc2c([nH]c3ccccc23)[C@H](O)C[C@H](C2SCCS2)CC1. The molecular weight excluding hydrogens is 452 g/mol. The van der Waals surface area contributed by atoms with Crippen molar-refractivity contribution in [1.29, 1.82) is 0 Å². The van der Waals surface area contributed by atoms with Crippen LogP contribution in [0.2, 0.25) is 0 Å². The van der Waals surface area contributed by atoms with Crippen molar-refractivity contribution < 1.29 is 14.6 Å². The number of rotatable bonds is 3. The number of hydrogen-bond donors (Lipinski definition) is 2. The molecule has 2 N–H and O–H groups in total. The van der Waals surface area contributed by atoms with Crippen LogP contribution in [0.4, 0.5) is 4.79 Å². The van der Waals surface area contributed by atoms with Crippen molar-refractivity contribution in [3.8, 4) is 0 Å². The summed E-state index contributed by atoms with van der Waals surface area (Å²) in [7, 11) is 0. The molecule has 2 aliphatic rings. The Bertz CT molecular complexity index is 1080. The van der Waals surface area contributed by atoms with Crippen molar-refractivity contribution in [3.63, 3.8) is 0 Å². The summed E-state index contributed by atoms with van der Waals surface area (Å²) in [6.07, 6.45) is 1.49. The summed E-state index contributed by atoms with van der Waals surface area (Å²) < 4.78 is 6.16. The van der Waals surface area contributed by atoms with E-state index in [1.54, 1.807) is 0 Å². The van der Waals surface area contributed by atoms with Gasteiger partial charge in [0.1, 0.15) is 6.61 Å². The molecule has 7 heteroatoms. The van der Waals surface area contributed by atoms with Crippen LogP contribution in [-0.4, -0.2) is 50.3 Å². The van der Waals surface area contributed by atoms with Crippen molar-refractivity contribution in [2.45, 2.75) is 36.6 Å². The number of hydrogen-bond acceptors (Lipinski definition) is 5. The third-order valence-electron chi connectivity index (χ3n) is 6.60. The number of nitrogens with zero attached hydrogens (tertiary/aromatic N) is 1. The topological polar surface area (TPSA) is 65.6 Å². The number of para-hydroxylation sites is 1. The molecule has 0 aliphatic carbocycles. The average Bonchev–Trinajstić information content (AvgIpc) is 3.51. The minimum absolute atomic E-state index is 0.258. The molecule has 33 heavy (non-hydrogen) atoms. The highest BCUT2D eigenvalue weighted by Crippen LogP contribution is 2.43. The Kier molecular flexibility index (Phi) is 7.19. The fourth-order valence-corrected chi connectivity index (χ4v) is 8.10. The van der Waals surface area contributed by atoms with E-state index in [2.05, 4.69) is 17.1 Å². The van der Waals surface area contributed by atoms with Gasteiger partial charge < -0.3 is 19.7 Å². The zero-order valence-corrected chi connectivity index (χ0v) is 20.2. The van der Waals surface area contributed by atoms with Gasteiger partial charge in [-0.15, -0.1) is 23.5 Å². The third-order valence-corrected chi connectivity index (χ3v) is 9.98. The lowest BCUT2D eigenvalue weighted by Crippen LogP contribution is -2.36. The Balaban J connectivity index is 1.40. The molecule has 0 bridgehead atoms. The van der Waals surface area contributed by atoms with Gasteiger partial charge in [-0.2, -0.15) is 0 Å². The van der Waals surface area contributed by atoms with Gasteiger partial charge in [0.05, 0.1) is 10.7 Å². The lowest BCUT2D eigenvalue weighted by Gasteiger charge is -2.30. The van der Waals surface area contributed by atoms with Crippen LogP contribution in [0.1, 0.15) is 35.8 Å². The highest BCUT2D eigenvalue weighted by Gasteiger charge is 2.32. The maximum atomic E-state index is 13.1. The summed E-state index contributed by atoms with van der Waals surface area (Å²) in [5.41, 5.74) is 4.06. The first-order valence-electron chi connectivity index (χ1n) is 11.7. The number of aromatic amines is 1. The van der Waals surface area contributed by atoms with E-state index in [0.29, 0.717) is 36.4 Å². The molecule has 1 amide bonds. The number of aliphatic hydroxyl groups is 1. The summed E-state index contributed by atoms with van der Waals surface area (Å²) in [6, 6.07) is 18.0. The lowest BCUT2D eigenvalue weighted by molar-refractivity contribution is 0.0900. The zero-order valence-electron chi connectivity index (χ0n) is 18.6. The number of nitrogens with one attached hydrogen (secondary N) is 1. The summed E-state index contributed by atoms with van der Waals surface area (Å²) in [5, 5.41) is 12.4. The van der Waals surface area contributed by atoms with Gasteiger partial charge in [0, 0.05) is 41.2 Å². The van der Waals surface area contributed by atoms with Gasteiger partial charge in [-0.25, -0.2) is 4.79 Å². The Hall–Kier alpha value is -2.09. The normalized spacial score (nSPS) is 22.3. The number of thioether (sulfide) groups is 2. The van der Waals surface area contributed by atoms with Crippen molar-refractivity contribution in [1.82, 2.24) is 9.88 Å². The van der Waals surface area contributed by atoms with E-state index in [1.165, 1.54) is 0 Å². The molecule has 2 aromatic carbocycles. The molecular formula is C26H30N2O3S2. The minimum Gasteiger partial charge on any atom is -0.445 e. The maximum Gasteiger partial charge on any atom is 0.410 e. The molecule has 174 valence electrons. The molecule has 1 fully saturated rings. The summed E-state index contributed by atoms with van der Waals surface area (Å²) in [6.45, 7) is 1.51. The van der Waals surface area contributed by atoms with Gasteiger partial charge in [0.15, 0.2) is 0 Å². The Labute approximate surface area is 203 Å². The first-order valence-corrected chi connectivity index (χ1v) is 13.7. The molecule has 0 spiro atoms. The average molecular weight is 483 g/mol. The Morgan fingerprint density at radius 1 is 1.06 bits per heavy atom. The van der Waals surface area contributed by atoms with Gasteiger partial charge in [-0.1, -0.05) is 48.5 Å². The second-order valence-electron chi connectivity index (χ2n) is 8.75. The Morgan fingerprint density at radius 2 is 1.82 bits per heavy atom. The number of benzene rings is 2. The molecule has 2 aliphatic heterocycles. The molecule has 0 saturated carbocycles. The van der Waals surface area contributed by atoms with Gasteiger partial charge in [-0.3, -0.25) is 0 Å². The van der Waals surface area contributed by atoms with E-state index < -0.39 is 6.10 Å². The number of aromatic nitrogens is 1. The lowest BCUT2D eigenvalue weighted by atomic mass is 9.93. The number of aliphatic hydroxyl groups excluding tert-OH is 1. The summed E-state index contributed by atoms with van der Waals surface area (Å²) in [5.74, 6) is 2.64. The number of ether oxygens (including phenoxy) is 1. The van der Waals surface area contributed by atoms with Gasteiger partial charge in [0.25, 0.3) is 0 Å². The minimum atomic E-state index is -0.518. The smallest absolute Gasteiger partial charge is 0.410 e. The van der Waals surface area contributed by atoms with E-state index in [0.717, 1.165) is 45.7 Å². The van der Waals surface area contributed by atoms with Crippen LogP contribution in [0, 0.1) is 5.92 Å². The van der Waals surface area contributed by atoms with E-state index in [4.69, 9.17) is 4.74 Å². The van der Waals surface area contributed by atoms with Crippen LogP contribution in [0.3, 0.4) is 0 Å². The van der Waals surface area contributed by atoms with Gasteiger partial charge in [0.2, 0.25) is 0 Å². The van der Waals surface area contributed by atoms with Crippen molar-refractivity contribution >= 4 is 40.5 Å². The number of fused-ring (bicyclic) bond motifs is 3. The standard InChI is InChI=1S/C26H30N2O3S2/c29-23-16-19(25-32-14-15-33-25)10-12-28(26(30)31-17-18-6-2-1-3-7-18)13-11-21-20-8-4-5-9-22(20)27-24(21)23/h1-9,19,23,25,27,29H,10-17H2/t19-,23-/m1/s1. The maximum absolute atomic E-state index is 13.1. The van der Waals surface area contributed by atoms with Crippen LogP contribution in [0.15, 0.2) is 54.6 Å². The fraction of sp³-hybridized carbons (Fsp3) is 0.423. The summed E-state index contributed by atoms with van der Waals surface area (Å²) in [4.78, 5) is 18.4. The quantitative estimate of drug-likeness (QED) is 0.509. The highest BCUT2D eigenvalue weighted by atomic mass is 32.2. The van der Waals surface area contributed by atoms with Crippen LogP contribution in [0.5, 0.6) is 0 Å². The monoisotopic (exact) mass is 482 g/mol. The van der Waals surface area contributed by atoms with Crippen LogP contribution >= 0.6 is 23.5 Å². The van der Waals surface area contributed by atoms with Crippen molar-refractivity contribution in [2.75, 3.05) is 24.6 Å².